The number of allylic oxidation sites excluding steroid dienone is 2. The van der Waals surface area contributed by atoms with Gasteiger partial charge in [0.05, 0.1) is 6.61 Å². The van der Waals surface area contributed by atoms with Gasteiger partial charge in [-0.25, -0.2) is 0 Å². The highest BCUT2D eigenvalue weighted by Gasteiger charge is 2.20. The van der Waals surface area contributed by atoms with Crippen LogP contribution in [0.3, 0.4) is 0 Å². The third kappa shape index (κ3) is 4.97. The lowest BCUT2D eigenvalue weighted by atomic mass is 10.2. The molecule has 0 saturated carbocycles. The molecule has 0 radical (unpaired) electrons. The molecule has 0 heterocycles. The second-order valence-electron chi connectivity index (χ2n) is 3.50. The Morgan fingerprint density at radius 3 is 2.36 bits per heavy atom. The zero-order chi connectivity index (χ0) is 11.0. The molecule has 0 fully saturated rings. The smallest absolute Gasteiger partial charge is 0.224 e. The topological polar surface area (TPSA) is 26.3 Å². The lowest BCUT2D eigenvalue weighted by Gasteiger charge is -2.16. The Labute approximate surface area is 88.2 Å². The molecule has 2 nitrogen and oxygen atoms in total. The summed E-state index contributed by atoms with van der Waals surface area (Å²) in [4.78, 5) is 0. The average Bonchev–Trinajstić information content (AvgIpc) is 2.11. The molecule has 0 N–H and O–H groups in total. The first-order chi connectivity index (χ1) is 6.58. The van der Waals surface area contributed by atoms with E-state index in [4.69, 9.17) is 4.52 Å². The summed E-state index contributed by atoms with van der Waals surface area (Å²) >= 11 is 0. The summed E-state index contributed by atoms with van der Waals surface area (Å²) in [6.07, 6.45) is 6.12. The van der Waals surface area contributed by atoms with E-state index in [1.54, 1.807) is 6.66 Å². The monoisotopic (exact) mass is 218 g/mol. The SMILES string of the molecule is CCC/C=C(\CCC)P(C)(=O)OCC. The van der Waals surface area contributed by atoms with Crippen molar-refractivity contribution in [2.24, 2.45) is 0 Å². The highest BCUT2D eigenvalue weighted by Crippen LogP contribution is 2.53. The maximum Gasteiger partial charge on any atom is 0.224 e. The summed E-state index contributed by atoms with van der Waals surface area (Å²) in [5.74, 6) is 0. The van der Waals surface area contributed by atoms with Gasteiger partial charge in [0.15, 0.2) is 0 Å². The Kier molecular flexibility index (Phi) is 7.22. The van der Waals surface area contributed by atoms with Crippen molar-refractivity contribution in [3.8, 4) is 0 Å². The van der Waals surface area contributed by atoms with Crippen LogP contribution in [0.25, 0.3) is 0 Å². The minimum absolute atomic E-state index is 0.529. The second kappa shape index (κ2) is 7.25. The van der Waals surface area contributed by atoms with Gasteiger partial charge >= 0.3 is 0 Å². The lowest BCUT2D eigenvalue weighted by Crippen LogP contribution is -1.92. The molecule has 0 aromatic rings. The Hall–Kier alpha value is -0.0700. The van der Waals surface area contributed by atoms with Crippen LogP contribution in [-0.2, 0) is 9.09 Å². The first-order valence-corrected chi connectivity index (χ1v) is 7.57. The molecule has 84 valence electrons. The third-order valence-corrected chi connectivity index (χ3v) is 4.27. The normalized spacial score (nSPS) is 16.7. The fraction of sp³-hybridized carbons (Fsp3) is 0.818. The van der Waals surface area contributed by atoms with Crippen LogP contribution in [0.1, 0.15) is 46.5 Å². The molecule has 0 aromatic carbocycles. The van der Waals surface area contributed by atoms with E-state index in [2.05, 4.69) is 19.9 Å². The molecule has 0 spiro atoms. The average molecular weight is 218 g/mol. The molecule has 0 aliphatic heterocycles. The molecule has 1 atom stereocenters. The van der Waals surface area contributed by atoms with Gasteiger partial charge in [0.1, 0.15) is 0 Å². The van der Waals surface area contributed by atoms with Gasteiger partial charge < -0.3 is 4.52 Å². The van der Waals surface area contributed by atoms with Gasteiger partial charge in [-0.1, -0.05) is 32.8 Å². The summed E-state index contributed by atoms with van der Waals surface area (Å²) < 4.78 is 17.4. The highest BCUT2D eigenvalue weighted by atomic mass is 31.2. The van der Waals surface area contributed by atoms with Crippen molar-refractivity contribution in [2.75, 3.05) is 13.3 Å². The molecule has 3 heteroatoms. The van der Waals surface area contributed by atoms with Crippen molar-refractivity contribution in [2.45, 2.75) is 46.5 Å². The fourth-order valence-corrected chi connectivity index (χ4v) is 3.12. The van der Waals surface area contributed by atoms with Crippen molar-refractivity contribution in [1.29, 1.82) is 0 Å². The quantitative estimate of drug-likeness (QED) is 0.591. The van der Waals surface area contributed by atoms with E-state index in [1.807, 2.05) is 6.92 Å². The molecule has 0 rings (SSSR count). The largest absolute Gasteiger partial charge is 0.326 e. The van der Waals surface area contributed by atoms with E-state index in [1.165, 1.54) is 0 Å². The molecule has 0 aliphatic carbocycles. The Balaban J connectivity index is 4.54. The zero-order valence-corrected chi connectivity index (χ0v) is 10.8. The number of rotatable bonds is 7. The summed E-state index contributed by atoms with van der Waals surface area (Å²) in [6.45, 7) is 8.38. The number of hydrogen-bond donors (Lipinski definition) is 0. The van der Waals surface area contributed by atoms with Crippen LogP contribution in [-0.4, -0.2) is 13.3 Å². The molecule has 14 heavy (non-hydrogen) atoms. The number of unbranched alkanes of at least 4 members (excludes halogenated alkanes) is 1. The molecule has 0 aliphatic rings. The van der Waals surface area contributed by atoms with E-state index < -0.39 is 7.37 Å². The van der Waals surface area contributed by atoms with Crippen LogP contribution in [0, 0.1) is 0 Å². The summed E-state index contributed by atoms with van der Waals surface area (Å²) in [5.41, 5.74) is 0. The van der Waals surface area contributed by atoms with Gasteiger partial charge in [-0.3, -0.25) is 4.57 Å². The van der Waals surface area contributed by atoms with Gasteiger partial charge in [0, 0.05) is 12.0 Å². The van der Waals surface area contributed by atoms with E-state index in [9.17, 15) is 4.57 Å². The van der Waals surface area contributed by atoms with E-state index in [0.29, 0.717) is 6.61 Å². The van der Waals surface area contributed by atoms with Crippen LogP contribution in [0.2, 0.25) is 0 Å². The number of hydrogen-bond acceptors (Lipinski definition) is 2. The van der Waals surface area contributed by atoms with E-state index in [-0.39, 0.29) is 0 Å². The maximum absolute atomic E-state index is 12.1. The molecular weight excluding hydrogens is 195 g/mol. The van der Waals surface area contributed by atoms with Crippen molar-refractivity contribution in [1.82, 2.24) is 0 Å². The molecular formula is C11H23O2P. The standard InChI is InChI=1S/C11H23O2P/c1-5-8-10-11(9-6-2)14(4,12)13-7-3/h10H,5-9H2,1-4H3/b11-10+. The second-order valence-corrected chi connectivity index (χ2v) is 6.02. The fourth-order valence-electron chi connectivity index (χ4n) is 1.37. The van der Waals surface area contributed by atoms with Crippen LogP contribution in [0.5, 0.6) is 0 Å². The van der Waals surface area contributed by atoms with Gasteiger partial charge in [0.25, 0.3) is 0 Å². The summed E-state index contributed by atoms with van der Waals surface area (Å²) in [6, 6.07) is 0. The third-order valence-electron chi connectivity index (χ3n) is 2.07. The van der Waals surface area contributed by atoms with Crippen LogP contribution >= 0.6 is 7.37 Å². The van der Waals surface area contributed by atoms with Crippen LogP contribution < -0.4 is 0 Å². The van der Waals surface area contributed by atoms with Crippen molar-refractivity contribution < 1.29 is 9.09 Å². The summed E-state index contributed by atoms with van der Waals surface area (Å²) in [7, 11) is -2.49. The predicted molar refractivity (Wildman–Crippen MR) is 63.1 cm³/mol. The predicted octanol–water partition coefficient (Wildman–Crippen LogP) is 4.41. The van der Waals surface area contributed by atoms with E-state index in [0.717, 1.165) is 31.0 Å². The van der Waals surface area contributed by atoms with E-state index >= 15 is 0 Å². The Morgan fingerprint density at radius 2 is 1.93 bits per heavy atom. The first-order valence-electron chi connectivity index (χ1n) is 5.50. The van der Waals surface area contributed by atoms with Gasteiger partial charge in [0.2, 0.25) is 7.37 Å². The van der Waals surface area contributed by atoms with Gasteiger partial charge in [-0.2, -0.15) is 0 Å². The molecule has 0 amide bonds. The minimum atomic E-state index is -2.49. The highest BCUT2D eigenvalue weighted by molar-refractivity contribution is 7.62. The molecule has 1 unspecified atom stereocenters. The summed E-state index contributed by atoms with van der Waals surface area (Å²) in [5, 5.41) is 1.02. The zero-order valence-electron chi connectivity index (χ0n) is 9.88. The molecule has 0 aromatic heterocycles. The van der Waals surface area contributed by atoms with Crippen LogP contribution in [0.15, 0.2) is 11.4 Å². The van der Waals surface area contributed by atoms with Gasteiger partial charge in [-0.05, 0) is 19.8 Å². The molecule has 0 saturated heterocycles. The lowest BCUT2D eigenvalue weighted by molar-refractivity contribution is 0.341. The molecule has 0 bridgehead atoms. The first kappa shape index (κ1) is 13.9. The Bertz CT molecular complexity index is 221. The van der Waals surface area contributed by atoms with Gasteiger partial charge in [-0.15, -0.1) is 0 Å². The van der Waals surface area contributed by atoms with Crippen molar-refractivity contribution >= 4 is 7.37 Å². The Morgan fingerprint density at radius 1 is 1.29 bits per heavy atom. The minimum Gasteiger partial charge on any atom is -0.326 e. The van der Waals surface area contributed by atoms with Crippen LogP contribution in [0.4, 0.5) is 0 Å². The van der Waals surface area contributed by atoms with Crippen molar-refractivity contribution in [3.05, 3.63) is 11.4 Å². The maximum atomic E-state index is 12.1. The van der Waals surface area contributed by atoms with Crippen molar-refractivity contribution in [3.63, 3.8) is 0 Å².